The molecule has 2 fully saturated rings. The van der Waals surface area contributed by atoms with Gasteiger partial charge in [-0.25, -0.2) is 4.79 Å². The molecule has 0 aliphatic carbocycles. The third-order valence-electron chi connectivity index (χ3n) is 4.60. The summed E-state index contributed by atoms with van der Waals surface area (Å²) in [5, 5.41) is 30.3. The number of para-hydroxylation sites is 1. The summed E-state index contributed by atoms with van der Waals surface area (Å²) in [4.78, 5) is 29.9. The molecule has 4 rings (SSSR count). The average molecular weight is 489 g/mol. The number of carbonyl (C=O) groups excluding carboxylic acids is 1. The number of aliphatic carboxylic acids is 1. The fraction of sp³-hybridized carbons (Fsp3) is 0.389. The molecule has 9 nitrogen and oxygen atoms in total. The van der Waals surface area contributed by atoms with Crippen LogP contribution in [-0.2, 0) is 9.59 Å². The second kappa shape index (κ2) is 9.67. The van der Waals surface area contributed by atoms with Gasteiger partial charge in [0.2, 0.25) is 0 Å². The van der Waals surface area contributed by atoms with Crippen LogP contribution in [0.3, 0.4) is 0 Å². The van der Waals surface area contributed by atoms with Crippen LogP contribution in [-0.4, -0.2) is 66.1 Å². The van der Waals surface area contributed by atoms with Crippen LogP contribution >= 0.6 is 34.9 Å². The van der Waals surface area contributed by atoms with E-state index in [1.165, 1.54) is 39.8 Å². The molecule has 0 unspecified atom stereocenters. The smallest absolute Gasteiger partial charge is 0.860 e. The van der Waals surface area contributed by atoms with Crippen LogP contribution in [0.4, 0.5) is 0 Å². The zero-order chi connectivity index (χ0) is 21.5. The molecule has 0 radical (unpaired) electrons. The van der Waals surface area contributed by atoms with Gasteiger partial charge in [0.15, 0.2) is 16.4 Å². The van der Waals surface area contributed by atoms with Gasteiger partial charge in [0.25, 0.3) is 5.91 Å². The standard InChI is InChI=1S/C18H18N4O5S3.Na/c1-9-20-21-17(28-9)30-18(2)13(16(25)26)22-14(24)12(15(22)29-18)19-11(23)8-27-10-6-4-3-5-7-10;/h3-7,12-13,15H,8H2,1-2H3,(H,19,23)(H,25,26);/q;+1/p-1/t12-,13-,15-,18+;/m1./s1. The zero-order valence-corrected chi connectivity index (χ0v) is 21.4. The number of nitrogens with zero attached hydrogens (tertiary/aromatic N) is 4. The summed E-state index contributed by atoms with van der Waals surface area (Å²) in [6.07, 6.45) is 0. The molecule has 1 amide bonds. The molecule has 1 N–H and O–H groups in total. The van der Waals surface area contributed by atoms with Crippen LogP contribution in [0.1, 0.15) is 11.9 Å². The Balaban J connectivity index is 0.00000272. The molecule has 2 aliphatic rings. The van der Waals surface area contributed by atoms with Crippen molar-refractivity contribution in [1.29, 1.82) is 0 Å². The minimum Gasteiger partial charge on any atom is -0.860 e. The van der Waals surface area contributed by atoms with E-state index in [1.807, 2.05) is 13.0 Å². The molecule has 0 saturated carbocycles. The van der Waals surface area contributed by atoms with E-state index in [-0.39, 0.29) is 36.2 Å². The third-order valence-corrected chi connectivity index (χ3v) is 8.58. The summed E-state index contributed by atoms with van der Waals surface area (Å²) in [5.74, 6) is -1.61. The number of carboxylic acids is 1. The number of aryl methyl sites for hydroxylation is 1. The van der Waals surface area contributed by atoms with Gasteiger partial charge in [-0.1, -0.05) is 41.3 Å². The quantitative estimate of drug-likeness (QED) is 0.208. The van der Waals surface area contributed by atoms with Crippen LogP contribution < -0.4 is 39.4 Å². The monoisotopic (exact) mass is 488 g/mol. The fourth-order valence-corrected chi connectivity index (χ4v) is 7.88. The van der Waals surface area contributed by atoms with Gasteiger partial charge in [-0.3, -0.25) is 9.79 Å². The predicted molar refractivity (Wildman–Crippen MR) is 112 cm³/mol. The second-order valence-corrected chi connectivity index (χ2v) is 11.5. The normalized spacial score (nSPS) is 27.3. The molecule has 158 valence electrons. The minimum absolute atomic E-state index is 0. The SMILES string of the molecule is Cc1nnc(S[C@]2(C)S[C@@H]3[C@H](N=C([O-])COc4ccccc4)C(=O)N3[C@@H]2C(=O)O)s1.[Na+]. The molecule has 0 bridgehead atoms. The Bertz CT molecular complexity index is 1010. The van der Waals surface area contributed by atoms with E-state index in [9.17, 15) is 19.8 Å². The van der Waals surface area contributed by atoms with Crippen LogP contribution in [0.15, 0.2) is 39.7 Å². The van der Waals surface area contributed by atoms with Crippen molar-refractivity contribution >= 4 is 52.6 Å². The van der Waals surface area contributed by atoms with E-state index in [0.717, 1.165) is 5.01 Å². The minimum atomic E-state index is -1.10. The molecule has 4 atom stereocenters. The number of amides is 1. The number of β-lactam (4-membered cyclic amide) rings is 1. The van der Waals surface area contributed by atoms with Gasteiger partial charge in [0, 0.05) is 0 Å². The van der Waals surface area contributed by atoms with E-state index >= 15 is 0 Å². The first-order chi connectivity index (χ1) is 14.3. The van der Waals surface area contributed by atoms with Crippen molar-refractivity contribution in [3.8, 4) is 5.75 Å². The third kappa shape index (κ3) is 4.88. The molecule has 0 spiro atoms. The Hall–Kier alpha value is -1.31. The van der Waals surface area contributed by atoms with E-state index in [1.54, 1.807) is 31.2 Å². The van der Waals surface area contributed by atoms with Gasteiger partial charge in [-0.2, -0.15) is 0 Å². The Morgan fingerprint density at radius 3 is 2.71 bits per heavy atom. The average Bonchev–Trinajstić information content (AvgIpc) is 3.23. The summed E-state index contributed by atoms with van der Waals surface area (Å²) in [6, 6.07) is 6.85. The van der Waals surface area contributed by atoms with Crippen molar-refractivity contribution in [1.82, 2.24) is 15.1 Å². The zero-order valence-electron chi connectivity index (χ0n) is 16.9. The first kappa shape index (κ1) is 24.3. The Morgan fingerprint density at radius 1 is 1.39 bits per heavy atom. The number of fused-ring (bicyclic) bond motifs is 1. The van der Waals surface area contributed by atoms with Crippen LogP contribution in [0.2, 0.25) is 0 Å². The number of ether oxygens (including phenoxy) is 1. The van der Waals surface area contributed by atoms with Crippen LogP contribution in [0.25, 0.3) is 0 Å². The largest absolute Gasteiger partial charge is 1.00 e. The Kier molecular flexibility index (Phi) is 7.59. The maximum absolute atomic E-state index is 12.6. The van der Waals surface area contributed by atoms with Crippen molar-refractivity contribution in [2.24, 2.45) is 4.99 Å². The molecule has 2 aliphatic heterocycles. The van der Waals surface area contributed by atoms with Crippen molar-refractivity contribution < 1.29 is 54.1 Å². The van der Waals surface area contributed by atoms with Crippen LogP contribution in [0, 0.1) is 6.92 Å². The molecular formula is C18H17N4NaO5S3. The molecular weight excluding hydrogens is 471 g/mol. The summed E-state index contributed by atoms with van der Waals surface area (Å²) < 4.78 is 5.12. The number of aromatic nitrogens is 2. The topological polar surface area (TPSA) is 128 Å². The molecule has 13 heteroatoms. The summed E-state index contributed by atoms with van der Waals surface area (Å²) >= 11 is 3.94. The maximum Gasteiger partial charge on any atom is 1.00 e. The van der Waals surface area contributed by atoms with E-state index < -0.39 is 39.3 Å². The number of carbonyl (C=O) groups is 2. The summed E-state index contributed by atoms with van der Waals surface area (Å²) in [5.41, 5.74) is 0. The van der Waals surface area contributed by atoms with E-state index in [2.05, 4.69) is 15.2 Å². The Labute approximate surface area is 213 Å². The predicted octanol–water partition coefficient (Wildman–Crippen LogP) is -1.77. The molecule has 2 aromatic rings. The molecule has 1 aromatic carbocycles. The number of aliphatic imine (C=N–C) groups is 1. The number of hydrogen-bond donors (Lipinski definition) is 1. The summed E-state index contributed by atoms with van der Waals surface area (Å²) in [6.45, 7) is 3.29. The second-order valence-electron chi connectivity index (χ2n) is 6.77. The van der Waals surface area contributed by atoms with Gasteiger partial charge in [-0.15, -0.1) is 22.0 Å². The number of thioether (sulfide) groups is 2. The molecule has 31 heavy (non-hydrogen) atoms. The number of hydrogen-bond acceptors (Lipinski definition) is 10. The van der Waals surface area contributed by atoms with Gasteiger partial charge < -0.3 is 19.8 Å². The van der Waals surface area contributed by atoms with Gasteiger partial charge in [-0.05, 0) is 31.9 Å². The molecule has 2 saturated heterocycles. The molecule has 1 aromatic heterocycles. The van der Waals surface area contributed by atoms with Gasteiger partial charge in [0.05, 0.1) is 4.08 Å². The number of carboxylic acid groups (broad SMARTS) is 1. The van der Waals surface area contributed by atoms with Crippen molar-refractivity contribution in [2.75, 3.05) is 6.61 Å². The first-order valence-electron chi connectivity index (χ1n) is 8.92. The van der Waals surface area contributed by atoms with E-state index in [4.69, 9.17) is 4.74 Å². The fourth-order valence-electron chi connectivity index (χ4n) is 3.31. The number of rotatable bonds is 7. The maximum atomic E-state index is 12.6. The van der Waals surface area contributed by atoms with Crippen LogP contribution in [0.5, 0.6) is 5.75 Å². The Morgan fingerprint density at radius 2 is 2.10 bits per heavy atom. The first-order valence-corrected chi connectivity index (χ1v) is 11.4. The van der Waals surface area contributed by atoms with Gasteiger partial charge in [0.1, 0.15) is 22.7 Å². The van der Waals surface area contributed by atoms with Gasteiger partial charge >= 0.3 is 35.5 Å². The van der Waals surface area contributed by atoms with Crippen molar-refractivity contribution in [2.45, 2.75) is 39.7 Å². The van der Waals surface area contributed by atoms with Crippen molar-refractivity contribution in [3.05, 3.63) is 35.3 Å². The van der Waals surface area contributed by atoms with E-state index in [0.29, 0.717) is 10.1 Å². The molecule has 3 heterocycles. The summed E-state index contributed by atoms with van der Waals surface area (Å²) in [7, 11) is 0. The van der Waals surface area contributed by atoms with Crippen molar-refractivity contribution in [3.63, 3.8) is 0 Å². The number of benzene rings is 1.